The fraction of sp³-hybridized carbons (Fsp3) is 0.300. The third-order valence-electron chi connectivity index (χ3n) is 3.67. The molecule has 7 heteroatoms. The van der Waals surface area contributed by atoms with E-state index in [2.05, 4.69) is 5.32 Å². The molecule has 142 valence electrons. The van der Waals surface area contributed by atoms with Crippen LogP contribution < -0.4 is 14.8 Å². The van der Waals surface area contributed by atoms with Gasteiger partial charge in [0, 0.05) is 10.6 Å². The number of carbonyl (C=O) groups is 2. The zero-order valence-electron chi connectivity index (χ0n) is 15.3. The van der Waals surface area contributed by atoms with E-state index in [4.69, 9.17) is 25.8 Å². The Kier molecular flexibility index (Phi) is 5.28. The number of hydrogen-bond donors (Lipinski definition) is 1. The summed E-state index contributed by atoms with van der Waals surface area (Å²) in [7, 11) is 0. The standard InChI is InChI=1S/C20H20ClNO5/c1-20(2,3)27-19(24)22-15-8-7-12(21)11-14(15)17(23)13-5-4-6-16-18(13)26-10-9-25-16/h4-8,11H,9-10H2,1-3H3,(H,22,24). The molecule has 0 bridgehead atoms. The van der Waals surface area contributed by atoms with Crippen LogP contribution >= 0.6 is 11.6 Å². The molecule has 0 spiro atoms. The van der Waals surface area contributed by atoms with Crippen molar-refractivity contribution in [3.8, 4) is 11.5 Å². The Morgan fingerprint density at radius 3 is 2.56 bits per heavy atom. The molecule has 0 atom stereocenters. The first-order valence-electron chi connectivity index (χ1n) is 8.47. The number of hydrogen-bond acceptors (Lipinski definition) is 5. The molecule has 1 amide bonds. The molecular weight excluding hydrogens is 370 g/mol. The van der Waals surface area contributed by atoms with Crippen molar-refractivity contribution in [2.45, 2.75) is 26.4 Å². The molecule has 0 radical (unpaired) electrons. The summed E-state index contributed by atoms with van der Waals surface area (Å²) < 4.78 is 16.4. The number of amides is 1. The first-order valence-corrected chi connectivity index (χ1v) is 8.85. The smallest absolute Gasteiger partial charge is 0.412 e. The summed E-state index contributed by atoms with van der Waals surface area (Å²) in [4.78, 5) is 25.3. The average Bonchev–Trinajstić information content (AvgIpc) is 2.60. The Morgan fingerprint density at radius 2 is 1.81 bits per heavy atom. The number of anilines is 1. The predicted octanol–water partition coefficient (Wildman–Crippen LogP) is 4.69. The zero-order valence-corrected chi connectivity index (χ0v) is 16.1. The highest BCUT2D eigenvalue weighted by Crippen LogP contribution is 2.36. The van der Waals surface area contributed by atoms with E-state index in [-0.39, 0.29) is 11.3 Å². The lowest BCUT2D eigenvalue weighted by atomic mass is 10.00. The van der Waals surface area contributed by atoms with E-state index in [1.165, 1.54) is 6.07 Å². The van der Waals surface area contributed by atoms with Crippen LogP contribution in [0.3, 0.4) is 0 Å². The number of ether oxygens (including phenoxy) is 3. The van der Waals surface area contributed by atoms with E-state index in [9.17, 15) is 9.59 Å². The van der Waals surface area contributed by atoms with E-state index in [1.54, 1.807) is 51.1 Å². The molecule has 2 aromatic rings. The predicted molar refractivity (Wildman–Crippen MR) is 102 cm³/mol. The molecule has 1 heterocycles. The number of halogens is 1. The molecule has 1 aliphatic rings. The van der Waals surface area contributed by atoms with Crippen molar-refractivity contribution in [2.75, 3.05) is 18.5 Å². The van der Waals surface area contributed by atoms with E-state index in [0.29, 0.717) is 41.0 Å². The van der Waals surface area contributed by atoms with Gasteiger partial charge in [-0.05, 0) is 51.1 Å². The Morgan fingerprint density at radius 1 is 1.07 bits per heavy atom. The van der Waals surface area contributed by atoms with Crippen LogP contribution in [0.25, 0.3) is 0 Å². The van der Waals surface area contributed by atoms with Gasteiger partial charge in [-0.3, -0.25) is 10.1 Å². The van der Waals surface area contributed by atoms with Crippen molar-refractivity contribution in [3.05, 3.63) is 52.5 Å². The van der Waals surface area contributed by atoms with Crippen LogP contribution in [0.1, 0.15) is 36.7 Å². The van der Waals surface area contributed by atoms with Gasteiger partial charge in [0.2, 0.25) is 0 Å². The van der Waals surface area contributed by atoms with E-state index < -0.39 is 11.7 Å². The number of nitrogens with one attached hydrogen (secondary N) is 1. The van der Waals surface area contributed by atoms with Gasteiger partial charge < -0.3 is 14.2 Å². The van der Waals surface area contributed by atoms with Gasteiger partial charge in [-0.25, -0.2) is 4.79 Å². The molecule has 1 N–H and O–H groups in total. The number of ketones is 1. The normalized spacial score (nSPS) is 13.0. The summed E-state index contributed by atoms with van der Waals surface area (Å²) >= 11 is 6.08. The second-order valence-corrected chi connectivity index (χ2v) is 7.41. The van der Waals surface area contributed by atoms with Crippen molar-refractivity contribution in [1.29, 1.82) is 0 Å². The molecule has 0 aromatic heterocycles. The highest BCUT2D eigenvalue weighted by Gasteiger charge is 2.25. The molecule has 0 unspecified atom stereocenters. The van der Waals surface area contributed by atoms with Crippen molar-refractivity contribution in [2.24, 2.45) is 0 Å². The average molecular weight is 390 g/mol. The van der Waals surface area contributed by atoms with Crippen LogP contribution in [-0.4, -0.2) is 30.7 Å². The van der Waals surface area contributed by atoms with E-state index in [1.807, 2.05) is 0 Å². The number of para-hydroxylation sites is 1. The highest BCUT2D eigenvalue weighted by atomic mass is 35.5. The SMILES string of the molecule is CC(C)(C)OC(=O)Nc1ccc(Cl)cc1C(=O)c1cccc2c1OCCO2. The zero-order chi connectivity index (χ0) is 19.6. The Hall–Kier alpha value is -2.73. The molecule has 0 saturated heterocycles. The molecule has 0 aliphatic carbocycles. The summed E-state index contributed by atoms with van der Waals surface area (Å²) in [5.41, 5.74) is 0.204. The van der Waals surface area contributed by atoms with Crippen LogP contribution in [0.5, 0.6) is 11.5 Å². The fourth-order valence-electron chi connectivity index (χ4n) is 2.62. The summed E-state index contributed by atoms with van der Waals surface area (Å²) in [6, 6.07) is 9.75. The van der Waals surface area contributed by atoms with Gasteiger partial charge in [0.25, 0.3) is 0 Å². The van der Waals surface area contributed by atoms with Crippen LogP contribution in [0.4, 0.5) is 10.5 Å². The van der Waals surface area contributed by atoms with Gasteiger partial charge in [0.05, 0.1) is 11.3 Å². The molecule has 2 aromatic carbocycles. The Labute approximate surface area is 162 Å². The van der Waals surface area contributed by atoms with Gasteiger partial charge in [0.1, 0.15) is 18.8 Å². The topological polar surface area (TPSA) is 73.9 Å². The maximum Gasteiger partial charge on any atom is 0.412 e. The monoisotopic (exact) mass is 389 g/mol. The summed E-state index contributed by atoms with van der Waals surface area (Å²) in [6.07, 6.45) is -0.659. The molecule has 27 heavy (non-hydrogen) atoms. The van der Waals surface area contributed by atoms with Crippen LogP contribution in [0.2, 0.25) is 5.02 Å². The van der Waals surface area contributed by atoms with Crippen molar-refractivity contribution < 1.29 is 23.8 Å². The first kappa shape index (κ1) is 19.0. The van der Waals surface area contributed by atoms with Gasteiger partial charge in [-0.1, -0.05) is 17.7 Å². The van der Waals surface area contributed by atoms with E-state index in [0.717, 1.165) is 0 Å². The Bertz CT molecular complexity index is 888. The van der Waals surface area contributed by atoms with Crippen molar-refractivity contribution in [1.82, 2.24) is 0 Å². The van der Waals surface area contributed by atoms with Gasteiger partial charge in [-0.2, -0.15) is 0 Å². The van der Waals surface area contributed by atoms with Crippen LogP contribution in [0, 0.1) is 0 Å². The van der Waals surface area contributed by atoms with Gasteiger partial charge in [0.15, 0.2) is 17.3 Å². The minimum absolute atomic E-state index is 0.232. The second kappa shape index (κ2) is 7.48. The van der Waals surface area contributed by atoms with Crippen molar-refractivity contribution >= 4 is 29.2 Å². The number of benzene rings is 2. The molecule has 3 rings (SSSR count). The minimum atomic E-state index is -0.662. The second-order valence-electron chi connectivity index (χ2n) is 6.98. The van der Waals surface area contributed by atoms with Crippen molar-refractivity contribution in [3.63, 3.8) is 0 Å². The summed E-state index contributed by atoms with van der Waals surface area (Å²) in [6.45, 7) is 6.05. The van der Waals surface area contributed by atoms with E-state index >= 15 is 0 Å². The van der Waals surface area contributed by atoms with Gasteiger partial charge in [-0.15, -0.1) is 0 Å². The van der Waals surface area contributed by atoms with Crippen LogP contribution in [0.15, 0.2) is 36.4 Å². The van der Waals surface area contributed by atoms with Gasteiger partial charge >= 0.3 is 6.09 Å². The third-order valence-corrected chi connectivity index (χ3v) is 3.91. The molecule has 1 aliphatic heterocycles. The summed E-state index contributed by atoms with van der Waals surface area (Å²) in [5, 5.41) is 2.98. The third kappa shape index (κ3) is 4.52. The largest absolute Gasteiger partial charge is 0.486 e. The molecule has 6 nitrogen and oxygen atoms in total. The molecule has 0 fully saturated rings. The first-order chi connectivity index (χ1) is 12.7. The molecule has 0 saturated carbocycles. The lowest BCUT2D eigenvalue weighted by molar-refractivity contribution is 0.0636. The number of fused-ring (bicyclic) bond motifs is 1. The minimum Gasteiger partial charge on any atom is -0.486 e. The lowest BCUT2D eigenvalue weighted by Gasteiger charge is -2.22. The maximum atomic E-state index is 13.2. The van der Waals surface area contributed by atoms with Crippen LogP contribution in [-0.2, 0) is 4.74 Å². The summed E-state index contributed by atoms with van der Waals surface area (Å²) in [5.74, 6) is 0.554. The number of rotatable bonds is 3. The maximum absolute atomic E-state index is 13.2. The highest BCUT2D eigenvalue weighted by molar-refractivity contribution is 6.31. The number of carbonyl (C=O) groups excluding carboxylic acids is 2. The fourth-order valence-corrected chi connectivity index (χ4v) is 2.80. The lowest BCUT2D eigenvalue weighted by Crippen LogP contribution is -2.27. The molecular formula is C20H20ClNO5. The quantitative estimate of drug-likeness (QED) is 0.771. The Balaban J connectivity index is 1.96.